The number of nitrogens with one attached hydrogen (secondary N) is 2. The van der Waals surface area contributed by atoms with Gasteiger partial charge in [-0.25, -0.2) is 19.0 Å². The maximum Gasteiger partial charge on any atom is 0.333 e. The van der Waals surface area contributed by atoms with Crippen LogP contribution in [-0.4, -0.2) is 20.6 Å². The predicted octanol–water partition coefficient (Wildman–Crippen LogP) is -2.43. The summed E-state index contributed by atoms with van der Waals surface area (Å²) >= 11 is 0. The van der Waals surface area contributed by atoms with Crippen LogP contribution in [0.2, 0.25) is 0 Å². The Morgan fingerprint density at radius 2 is 1.77 bits per heavy atom. The molecule has 13 heavy (non-hydrogen) atoms. The van der Waals surface area contributed by atoms with E-state index in [1.54, 1.807) is 6.92 Å². The first-order chi connectivity index (χ1) is 6.00. The van der Waals surface area contributed by atoms with Gasteiger partial charge in [-0.2, -0.15) is 0 Å². The molecular weight excluding hydrogens is 176 g/mol. The molecule has 1 atom stereocenters. The third-order valence-corrected chi connectivity index (χ3v) is 1.40. The molecule has 0 aliphatic heterocycles. The number of hydrogen-bond acceptors (Lipinski definition) is 4. The molecule has 7 nitrogen and oxygen atoms in total. The Morgan fingerprint density at radius 3 is 2.15 bits per heavy atom. The van der Waals surface area contributed by atoms with Crippen LogP contribution in [0.15, 0.2) is 14.4 Å². The number of nitrogens with zero attached hydrogens (tertiary/aromatic N) is 1. The van der Waals surface area contributed by atoms with Crippen LogP contribution < -0.4 is 22.8 Å². The smallest absolute Gasteiger partial charge is 0.326 e. The van der Waals surface area contributed by atoms with Crippen molar-refractivity contribution >= 4 is 0 Å². The van der Waals surface area contributed by atoms with Crippen LogP contribution in [0.4, 0.5) is 0 Å². The Hall–Kier alpha value is -1.63. The van der Waals surface area contributed by atoms with E-state index in [0.717, 1.165) is 4.57 Å². The number of nitrogens with two attached hydrogens (primary N) is 1. The first kappa shape index (κ1) is 9.46. The van der Waals surface area contributed by atoms with E-state index in [-0.39, 0.29) is 12.6 Å². The van der Waals surface area contributed by atoms with Gasteiger partial charge >= 0.3 is 17.1 Å². The summed E-state index contributed by atoms with van der Waals surface area (Å²) in [5.41, 5.74) is 3.10. The summed E-state index contributed by atoms with van der Waals surface area (Å²) < 4.78 is 0.839. The summed E-state index contributed by atoms with van der Waals surface area (Å²) in [5.74, 6) is 0. The fourth-order valence-corrected chi connectivity index (χ4v) is 0.906. The lowest BCUT2D eigenvalue weighted by atomic mass is 10.4. The fourth-order valence-electron chi connectivity index (χ4n) is 0.906. The van der Waals surface area contributed by atoms with Gasteiger partial charge in [0.05, 0.1) is 0 Å². The van der Waals surface area contributed by atoms with Crippen molar-refractivity contribution in [2.24, 2.45) is 5.73 Å². The Kier molecular flexibility index (Phi) is 2.47. The second kappa shape index (κ2) is 3.40. The van der Waals surface area contributed by atoms with Gasteiger partial charge in [0.25, 0.3) is 0 Å². The Morgan fingerprint density at radius 1 is 1.31 bits per heavy atom. The SMILES string of the molecule is CC(N)Cn1c(=O)[nH]c(=O)[nH]c1=O. The van der Waals surface area contributed by atoms with E-state index in [0.29, 0.717) is 0 Å². The Balaban J connectivity index is 3.30. The highest BCUT2D eigenvalue weighted by molar-refractivity contribution is 4.70. The average molecular weight is 186 g/mol. The lowest BCUT2D eigenvalue weighted by Gasteiger charge is -2.05. The van der Waals surface area contributed by atoms with Gasteiger partial charge in [0.1, 0.15) is 0 Å². The minimum atomic E-state index is -0.809. The zero-order chi connectivity index (χ0) is 10.0. The van der Waals surface area contributed by atoms with Crippen LogP contribution in [-0.2, 0) is 6.54 Å². The van der Waals surface area contributed by atoms with Gasteiger partial charge in [0, 0.05) is 12.6 Å². The molecule has 7 heteroatoms. The predicted molar refractivity (Wildman–Crippen MR) is 45.6 cm³/mol. The molecule has 0 saturated heterocycles. The van der Waals surface area contributed by atoms with Gasteiger partial charge in [-0.05, 0) is 6.92 Å². The van der Waals surface area contributed by atoms with E-state index in [4.69, 9.17) is 5.73 Å². The van der Waals surface area contributed by atoms with Crippen LogP contribution in [0.3, 0.4) is 0 Å². The molecule has 4 N–H and O–H groups in total. The van der Waals surface area contributed by atoms with Gasteiger partial charge in [0.2, 0.25) is 0 Å². The lowest BCUT2D eigenvalue weighted by Crippen LogP contribution is -2.45. The maximum atomic E-state index is 11.0. The molecule has 1 heterocycles. The van der Waals surface area contributed by atoms with Crippen LogP contribution >= 0.6 is 0 Å². The largest absolute Gasteiger partial charge is 0.333 e. The molecule has 1 unspecified atom stereocenters. The number of aromatic nitrogens is 3. The molecule has 0 bridgehead atoms. The summed E-state index contributed by atoms with van der Waals surface area (Å²) in [5, 5.41) is 0. The Bertz CT molecular complexity index is 418. The summed E-state index contributed by atoms with van der Waals surface area (Å²) in [6.45, 7) is 1.72. The van der Waals surface area contributed by atoms with Crippen LogP contribution in [0.25, 0.3) is 0 Å². The number of hydrogen-bond donors (Lipinski definition) is 3. The first-order valence-corrected chi connectivity index (χ1v) is 3.69. The quantitative estimate of drug-likeness (QED) is 0.476. The lowest BCUT2D eigenvalue weighted by molar-refractivity contribution is 0.530. The maximum absolute atomic E-state index is 11.0. The zero-order valence-electron chi connectivity index (χ0n) is 7.03. The van der Waals surface area contributed by atoms with Gasteiger partial charge in [-0.3, -0.25) is 9.97 Å². The second-order valence-corrected chi connectivity index (χ2v) is 2.78. The van der Waals surface area contributed by atoms with E-state index in [1.807, 2.05) is 9.97 Å². The van der Waals surface area contributed by atoms with E-state index in [1.165, 1.54) is 0 Å². The first-order valence-electron chi connectivity index (χ1n) is 3.69. The zero-order valence-corrected chi connectivity index (χ0v) is 7.03. The molecule has 1 aromatic heterocycles. The third kappa shape index (κ3) is 2.15. The van der Waals surface area contributed by atoms with Gasteiger partial charge in [-0.15, -0.1) is 0 Å². The van der Waals surface area contributed by atoms with Crippen molar-refractivity contribution in [3.8, 4) is 0 Å². The minimum Gasteiger partial charge on any atom is -0.326 e. The number of H-pyrrole nitrogens is 2. The van der Waals surface area contributed by atoms with Crippen molar-refractivity contribution < 1.29 is 0 Å². The molecular formula is C6H10N4O3. The van der Waals surface area contributed by atoms with Crippen molar-refractivity contribution in [3.63, 3.8) is 0 Å². The summed E-state index contributed by atoms with van der Waals surface area (Å²) in [6, 6.07) is -0.329. The second-order valence-electron chi connectivity index (χ2n) is 2.78. The molecule has 1 aromatic rings. The van der Waals surface area contributed by atoms with Crippen molar-refractivity contribution in [1.82, 2.24) is 14.5 Å². The minimum absolute atomic E-state index is 0.0744. The summed E-state index contributed by atoms with van der Waals surface area (Å²) in [4.78, 5) is 36.5. The van der Waals surface area contributed by atoms with Gasteiger partial charge < -0.3 is 5.73 Å². The highest BCUT2D eigenvalue weighted by Crippen LogP contribution is 1.75. The van der Waals surface area contributed by atoms with E-state index in [9.17, 15) is 14.4 Å². The van der Waals surface area contributed by atoms with Crippen LogP contribution in [0, 0.1) is 0 Å². The average Bonchev–Trinajstić information content (AvgIpc) is 1.96. The molecule has 0 aromatic carbocycles. The normalized spacial score (nSPS) is 12.8. The van der Waals surface area contributed by atoms with Gasteiger partial charge in [-0.1, -0.05) is 0 Å². The molecule has 0 aliphatic rings. The summed E-state index contributed by atoms with van der Waals surface area (Å²) in [6.07, 6.45) is 0. The standard InChI is InChI=1S/C6H10N4O3/c1-3(7)2-10-5(12)8-4(11)9-6(10)13/h3H,2,7H2,1H3,(H2,8,9,11,12,13). The van der Waals surface area contributed by atoms with E-state index < -0.39 is 17.1 Å². The number of rotatable bonds is 2. The molecule has 0 fully saturated rings. The molecule has 1 rings (SSSR count). The van der Waals surface area contributed by atoms with E-state index in [2.05, 4.69) is 0 Å². The highest BCUT2D eigenvalue weighted by Gasteiger charge is 2.04. The van der Waals surface area contributed by atoms with Gasteiger partial charge in [0.15, 0.2) is 0 Å². The molecule has 0 radical (unpaired) electrons. The molecule has 0 aliphatic carbocycles. The molecule has 0 saturated carbocycles. The Labute approximate surface area is 72.2 Å². The number of aromatic amines is 2. The van der Waals surface area contributed by atoms with Crippen molar-refractivity contribution in [1.29, 1.82) is 0 Å². The van der Waals surface area contributed by atoms with Crippen molar-refractivity contribution in [3.05, 3.63) is 31.5 Å². The molecule has 0 amide bonds. The highest BCUT2D eigenvalue weighted by atomic mass is 16.2. The van der Waals surface area contributed by atoms with Crippen LogP contribution in [0.5, 0.6) is 0 Å². The van der Waals surface area contributed by atoms with Crippen molar-refractivity contribution in [2.45, 2.75) is 19.5 Å². The monoisotopic (exact) mass is 186 g/mol. The third-order valence-electron chi connectivity index (χ3n) is 1.40. The fraction of sp³-hybridized carbons (Fsp3) is 0.500. The molecule has 0 spiro atoms. The van der Waals surface area contributed by atoms with Crippen LogP contribution in [0.1, 0.15) is 6.92 Å². The topological polar surface area (TPSA) is 114 Å². The summed E-state index contributed by atoms with van der Waals surface area (Å²) in [7, 11) is 0. The molecule has 72 valence electrons. The van der Waals surface area contributed by atoms with Crippen molar-refractivity contribution in [2.75, 3.05) is 0 Å². The van der Waals surface area contributed by atoms with E-state index >= 15 is 0 Å².